The molecule has 0 aromatic heterocycles. The molecule has 0 amide bonds. The van der Waals surface area contributed by atoms with Crippen LogP contribution in [-0.2, 0) is 7.27 Å². The van der Waals surface area contributed by atoms with E-state index in [4.69, 9.17) is 4.46 Å². The molecule has 0 heterocycles. The molecule has 0 aliphatic rings. The van der Waals surface area contributed by atoms with Crippen molar-refractivity contribution in [1.82, 2.24) is 0 Å². The molecule has 0 fully saturated rings. The van der Waals surface area contributed by atoms with Gasteiger partial charge in [-0.05, 0) is 0 Å². The predicted octanol–water partition coefficient (Wildman–Crippen LogP) is -1.27. The number of hydrogen-bond donors (Lipinski definition) is 0. The van der Waals surface area contributed by atoms with E-state index in [0.717, 1.165) is 0 Å². The van der Waals surface area contributed by atoms with Crippen LogP contribution in [0.3, 0.4) is 0 Å². The molecular weight excluding hydrogens is 269 g/mol. The Kier molecular flexibility index (Phi) is 4.35. The predicted molar refractivity (Wildman–Crippen MR) is 14.3 cm³/mol. The quantitative estimate of drug-likeness (QED) is 0.557. The van der Waals surface area contributed by atoms with Crippen LogP contribution >= 0.6 is 0 Å². The molecule has 0 rings (SSSR count). The van der Waals surface area contributed by atoms with Crippen LogP contribution in [-0.4, -0.2) is 28.9 Å². The Morgan fingerprint density at radius 2 is 2.00 bits per heavy atom. The molecule has 0 aromatic carbocycles. The Bertz CT molecular complexity index is 27.0. The van der Waals surface area contributed by atoms with Crippen molar-refractivity contribution < 1.29 is 7.27 Å². The summed E-state index contributed by atoms with van der Waals surface area (Å²) < 4.78 is 18.4. The van der Waals surface area contributed by atoms with Crippen LogP contribution in [0.25, 0.3) is 0 Å². The van der Waals surface area contributed by atoms with E-state index in [0.29, 0.717) is 0 Å². The average molecular weight is 270 g/mol. The number of hydrogen-bond acceptors (Lipinski definition) is 2. The van der Waals surface area contributed by atoms with E-state index in [-0.39, 0.29) is 0 Å². The Morgan fingerprint density at radius 1 is 1.75 bits per heavy atom. The van der Waals surface area contributed by atoms with Crippen LogP contribution < -0.4 is 0 Å². The van der Waals surface area contributed by atoms with Crippen LogP contribution in [0.5, 0.6) is 0 Å². The van der Waals surface area contributed by atoms with Gasteiger partial charge in [-0.1, -0.05) is 0 Å². The molecular formula is HBiO2Si. The molecule has 0 radical (unpaired) electrons. The molecule has 4 heteroatoms. The fraction of sp³-hybridized carbons (Fsp3) is 0. The van der Waals surface area contributed by atoms with Gasteiger partial charge in [0, 0.05) is 0 Å². The maximum absolute atomic E-state index is 9.20. The Morgan fingerprint density at radius 3 is 2.00 bits per heavy atom. The van der Waals surface area contributed by atoms with Gasteiger partial charge in [0.15, 0.2) is 0 Å². The van der Waals surface area contributed by atoms with Gasteiger partial charge in [-0.25, -0.2) is 0 Å². The molecule has 0 atom stereocenters. The van der Waals surface area contributed by atoms with Crippen LogP contribution in [0, 0.1) is 0 Å². The summed E-state index contributed by atoms with van der Waals surface area (Å²) in [4.78, 5) is 0. The summed E-state index contributed by atoms with van der Waals surface area (Å²) in [6.45, 7) is -0.843. The van der Waals surface area contributed by atoms with Gasteiger partial charge in [0.1, 0.15) is 0 Å². The second kappa shape index (κ2) is 3.70. The van der Waals surface area contributed by atoms with E-state index in [1.165, 1.54) is 0 Å². The zero-order valence-corrected chi connectivity index (χ0v) is 6.47. The van der Waals surface area contributed by atoms with Crippen molar-refractivity contribution in [3.63, 3.8) is 0 Å². The van der Waals surface area contributed by atoms with Gasteiger partial charge in [0.05, 0.1) is 0 Å². The third-order valence-electron chi connectivity index (χ3n) is 0.0430. The summed E-state index contributed by atoms with van der Waals surface area (Å²) in [7, 11) is 0. The summed E-state index contributed by atoms with van der Waals surface area (Å²) in [5, 5.41) is 0. The van der Waals surface area contributed by atoms with Crippen LogP contribution in [0.15, 0.2) is 0 Å². The first kappa shape index (κ1) is 4.70. The molecule has 22 valence electrons. The Hall–Kier alpha value is 0.700. The fourth-order valence-electron chi connectivity index (χ4n) is 0. The third kappa shape index (κ3) is 2.70. The zero-order chi connectivity index (χ0) is 3.41. The van der Waals surface area contributed by atoms with Gasteiger partial charge in [0.2, 0.25) is 0 Å². The van der Waals surface area contributed by atoms with Crippen molar-refractivity contribution in [2.75, 3.05) is 0 Å². The topological polar surface area (TPSA) is 34.1 Å². The van der Waals surface area contributed by atoms with Gasteiger partial charge in [-0.3, -0.25) is 0 Å². The van der Waals surface area contributed by atoms with Crippen LogP contribution in [0.4, 0.5) is 0 Å². The normalized spacial score (nSPS) is 5.00. The molecule has 4 heavy (non-hydrogen) atoms. The van der Waals surface area contributed by atoms with Gasteiger partial charge in [-0.2, -0.15) is 0 Å². The molecule has 0 aliphatic carbocycles. The standard InChI is InChI=1S/Bi.HOSi.O/c;1-2;/h;2H;. The van der Waals surface area contributed by atoms with Crippen molar-refractivity contribution >= 4 is 28.9 Å². The molecule has 0 spiro atoms. The van der Waals surface area contributed by atoms with E-state index in [1.54, 1.807) is 0 Å². The molecule has 0 bridgehead atoms. The average Bonchev–Trinajstić information content (AvgIpc) is 1.37. The van der Waals surface area contributed by atoms with E-state index in [9.17, 15) is 2.81 Å². The van der Waals surface area contributed by atoms with E-state index in [1.807, 2.05) is 0 Å². The van der Waals surface area contributed by atoms with Crippen molar-refractivity contribution in [2.24, 2.45) is 0 Å². The molecule has 0 unspecified atom stereocenters. The van der Waals surface area contributed by atoms with Crippen LogP contribution in [0.1, 0.15) is 0 Å². The third-order valence-corrected chi connectivity index (χ3v) is 1.13. The first-order valence-corrected chi connectivity index (χ1v) is 9.11. The summed E-state index contributed by atoms with van der Waals surface area (Å²) in [5.41, 5.74) is 0. The van der Waals surface area contributed by atoms with Crippen molar-refractivity contribution in [2.45, 2.75) is 0 Å². The second-order valence-corrected chi connectivity index (χ2v) is 5.55. The van der Waals surface area contributed by atoms with Gasteiger partial charge < -0.3 is 0 Å². The monoisotopic (exact) mass is 270 g/mol. The Labute approximate surface area is 36.4 Å². The second-order valence-electron chi connectivity index (χ2n) is 0.211. The Balaban J connectivity index is 2.73. The number of rotatable bonds is 1. The van der Waals surface area contributed by atoms with Crippen LogP contribution in [0.2, 0.25) is 0 Å². The molecule has 0 saturated heterocycles. The molecule has 2 nitrogen and oxygen atoms in total. The maximum atomic E-state index is 9.20. The molecule has 0 aromatic rings. The van der Waals surface area contributed by atoms with Gasteiger partial charge in [0.25, 0.3) is 0 Å². The molecule has 0 N–H and O–H groups in total. The fourth-order valence-corrected chi connectivity index (χ4v) is 0. The summed E-state index contributed by atoms with van der Waals surface area (Å²) >= 11 is -1.57. The summed E-state index contributed by atoms with van der Waals surface area (Å²) in [6.07, 6.45) is 0. The molecule has 0 aliphatic heterocycles. The van der Waals surface area contributed by atoms with Crippen molar-refractivity contribution in [3.05, 3.63) is 0 Å². The molecule has 0 saturated carbocycles. The van der Waals surface area contributed by atoms with E-state index in [2.05, 4.69) is 0 Å². The SMILES string of the molecule is O=[SiH][Bi]=[O]. The van der Waals surface area contributed by atoms with Gasteiger partial charge >= 0.3 is 36.2 Å². The van der Waals surface area contributed by atoms with E-state index < -0.39 is 28.9 Å². The van der Waals surface area contributed by atoms with E-state index >= 15 is 0 Å². The zero-order valence-electron chi connectivity index (χ0n) is 1.84. The summed E-state index contributed by atoms with van der Waals surface area (Å²) in [6, 6.07) is 0. The minimum atomic E-state index is -1.57. The first-order valence-electron chi connectivity index (χ1n) is 0.676. The van der Waals surface area contributed by atoms with Crippen molar-refractivity contribution in [3.8, 4) is 0 Å². The van der Waals surface area contributed by atoms with Crippen molar-refractivity contribution in [1.29, 1.82) is 0 Å². The first-order chi connectivity index (χ1) is 1.91. The summed E-state index contributed by atoms with van der Waals surface area (Å²) in [5.74, 6) is 0. The minimum absolute atomic E-state index is 0.843. The van der Waals surface area contributed by atoms with Gasteiger partial charge in [-0.15, -0.1) is 0 Å².